The van der Waals surface area contributed by atoms with E-state index in [-0.39, 0.29) is 11.9 Å². The molecule has 1 aromatic carbocycles. The molecule has 2 aliphatic rings. The average Bonchev–Trinajstić information content (AvgIpc) is 3.10. The molecular formula is C16H15F3N2OS. The van der Waals surface area contributed by atoms with Gasteiger partial charge in [-0.05, 0) is 48.4 Å². The number of amidine groups is 1. The number of hydrogen-bond acceptors (Lipinski definition) is 3. The van der Waals surface area contributed by atoms with Crippen molar-refractivity contribution in [1.29, 1.82) is 0 Å². The molecule has 0 aromatic heterocycles. The van der Waals surface area contributed by atoms with Crippen LogP contribution in [0.1, 0.15) is 36.8 Å². The normalized spacial score (nSPS) is 23.0. The molecule has 3 rings (SSSR count). The highest BCUT2D eigenvalue weighted by molar-refractivity contribution is 8.18. The van der Waals surface area contributed by atoms with E-state index in [1.54, 1.807) is 6.08 Å². The zero-order chi connectivity index (χ0) is 16.4. The molecule has 1 aliphatic heterocycles. The van der Waals surface area contributed by atoms with Gasteiger partial charge in [0.05, 0.1) is 16.5 Å². The van der Waals surface area contributed by atoms with Crippen molar-refractivity contribution in [1.82, 2.24) is 5.32 Å². The molecule has 0 radical (unpaired) electrons. The molecule has 23 heavy (non-hydrogen) atoms. The Labute approximate surface area is 136 Å². The van der Waals surface area contributed by atoms with E-state index in [0.29, 0.717) is 15.6 Å². The zero-order valence-electron chi connectivity index (χ0n) is 12.2. The van der Waals surface area contributed by atoms with E-state index in [4.69, 9.17) is 0 Å². The number of halogens is 3. The quantitative estimate of drug-likeness (QED) is 0.820. The lowest BCUT2D eigenvalue weighted by atomic mass is 10.1. The molecule has 7 heteroatoms. The molecule has 1 saturated heterocycles. The number of nitrogens with zero attached hydrogens (tertiary/aromatic N) is 1. The fourth-order valence-electron chi connectivity index (χ4n) is 2.61. The molecule has 1 aliphatic carbocycles. The van der Waals surface area contributed by atoms with Crippen molar-refractivity contribution in [2.45, 2.75) is 37.9 Å². The van der Waals surface area contributed by atoms with Gasteiger partial charge in [-0.15, -0.1) is 0 Å². The molecule has 1 heterocycles. The predicted octanol–water partition coefficient (Wildman–Crippen LogP) is 4.21. The Morgan fingerprint density at radius 2 is 1.83 bits per heavy atom. The van der Waals surface area contributed by atoms with Crippen LogP contribution in [-0.4, -0.2) is 17.1 Å². The molecule has 0 bridgehead atoms. The van der Waals surface area contributed by atoms with Crippen LogP contribution in [0, 0.1) is 0 Å². The number of alkyl halides is 3. The minimum atomic E-state index is -4.35. The number of rotatable bonds is 2. The van der Waals surface area contributed by atoms with Crippen LogP contribution in [0.2, 0.25) is 0 Å². The lowest BCUT2D eigenvalue weighted by Crippen LogP contribution is -2.21. The minimum absolute atomic E-state index is 0.258. The largest absolute Gasteiger partial charge is 0.416 e. The van der Waals surface area contributed by atoms with Crippen molar-refractivity contribution in [2.75, 3.05) is 0 Å². The first-order chi connectivity index (χ1) is 10.9. The van der Waals surface area contributed by atoms with Crippen LogP contribution in [0.25, 0.3) is 6.08 Å². The Balaban J connectivity index is 1.73. The average molecular weight is 340 g/mol. The number of amides is 1. The summed E-state index contributed by atoms with van der Waals surface area (Å²) >= 11 is 1.24. The fourth-order valence-corrected chi connectivity index (χ4v) is 3.50. The van der Waals surface area contributed by atoms with Crippen LogP contribution in [-0.2, 0) is 11.0 Å². The van der Waals surface area contributed by atoms with Gasteiger partial charge < -0.3 is 5.32 Å². The Kier molecular flexibility index (Phi) is 4.48. The Morgan fingerprint density at radius 1 is 1.17 bits per heavy atom. The number of thioether (sulfide) groups is 1. The number of aliphatic imine (C=N–C) groups is 1. The first-order valence-corrected chi connectivity index (χ1v) is 8.19. The van der Waals surface area contributed by atoms with Crippen molar-refractivity contribution in [3.63, 3.8) is 0 Å². The molecule has 1 aromatic rings. The maximum absolute atomic E-state index is 12.5. The lowest BCUT2D eigenvalue weighted by Gasteiger charge is -2.06. The van der Waals surface area contributed by atoms with Gasteiger partial charge in [-0.2, -0.15) is 13.2 Å². The molecule has 3 nitrogen and oxygen atoms in total. The monoisotopic (exact) mass is 340 g/mol. The van der Waals surface area contributed by atoms with E-state index in [1.165, 1.54) is 23.9 Å². The number of benzene rings is 1. The topological polar surface area (TPSA) is 41.5 Å². The highest BCUT2D eigenvalue weighted by atomic mass is 32.2. The van der Waals surface area contributed by atoms with Crippen molar-refractivity contribution in [2.24, 2.45) is 4.99 Å². The van der Waals surface area contributed by atoms with Gasteiger partial charge in [0.25, 0.3) is 5.91 Å². The van der Waals surface area contributed by atoms with E-state index >= 15 is 0 Å². The second-order valence-corrected chi connectivity index (χ2v) is 6.59. The number of carbonyl (C=O) groups is 1. The van der Waals surface area contributed by atoms with Crippen molar-refractivity contribution in [3.8, 4) is 0 Å². The van der Waals surface area contributed by atoms with Crippen molar-refractivity contribution in [3.05, 3.63) is 40.3 Å². The second kappa shape index (κ2) is 6.39. The number of nitrogens with one attached hydrogen (secondary N) is 1. The summed E-state index contributed by atoms with van der Waals surface area (Å²) in [5.41, 5.74) is -0.149. The van der Waals surface area contributed by atoms with E-state index in [9.17, 15) is 18.0 Å². The standard InChI is InChI=1S/C16H15F3N2OS/c17-16(18,19)11-7-5-10(6-8-11)9-13-14(22)21-15(23-13)20-12-3-1-2-4-12/h5-9,12H,1-4H2,(H,20,21,22)/b13-9-. The van der Waals surface area contributed by atoms with E-state index in [1.807, 2.05) is 0 Å². The second-order valence-electron chi connectivity index (χ2n) is 5.56. The first kappa shape index (κ1) is 16.1. The predicted molar refractivity (Wildman–Crippen MR) is 84.8 cm³/mol. The summed E-state index contributed by atoms with van der Waals surface area (Å²) in [4.78, 5) is 16.9. The van der Waals surface area contributed by atoms with Crippen LogP contribution in [0.4, 0.5) is 13.2 Å². The maximum Gasteiger partial charge on any atom is 0.416 e. The molecule has 2 fully saturated rings. The highest BCUT2D eigenvalue weighted by Crippen LogP contribution is 2.31. The maximum atomic E-state index is 12.5. The van der Waals surface area contributed by atoms with Gasteiger partial charge >= 0.3 is 6.18 Å². The summed E-state index contributed by atoms with van der Waals surface area (Å²) in [6, 6.07) is 5.00. The summed E-state index contributed by atoms with van der Waals surface area (Å²) in [6.45, 7) is 0. The summed E-state index contributed by atoms with van der Waals surface area (Å²) < 4.78 is 37.6. The number of carbonyl (C=O) groups excluding carboxylic acids is 1. The molecule has 122 valence electrons. The van der Waals surface area contributed by atoms with Crippen LogP contribution in [0.15, 0.2) is 34.2 Å². The van der Waals surface area contributed by atoms with Crippen molar-refractivity contribution < 1.29 is 18.0 Å². The molecule has 0 spiro atoms. The molecular weight excluding hydrogens is 325 g/mol. The number of hydrogen-bond donors (Lipinski definition) is 1. The third-order valence-corrected chi connectivity index (χ3v) is 4.74. The van der Waals surface area contributed by atoms with Gasteiger partial charge in [-0.1, -0.05) is 25.0 Å². The highest BCUT2D eigenvalue weighted by Gasteiger charge is 2.30. The van der Waals surface area contributed by atoms with Gasteiger partial charge in [0.15, 0.2) is 5.17 Å². The van der Waals surface area contributed by atoms with E-state index < -0.39 is 11.7 Å². The fraction of sp³-hybridized carbons (Fsp3) is 0.375. The Bertz CT molecular complexity index is 659. The van der Waals surface area contributed by atoms with Crippen molar-refractivity contribution >= 4 is 28.9 Å². The van der Waals surface area contributed by atoms with Crippen LogP contribution < -0.4 is 5.32 Å². The van der Waals surface area contributed by atoms with E-state index in [2.05, 4.69) is 10.3 Å². The minimum Gasteiger partial charge on any atom is -0.301 e. The summed E-state index contributed by atoms with van der Waals surface area (Å²) in [5.74, 6) is -0.258. The zero-order valence-corrected chi connectivity index (χ0v) is 13.0. The molecule has 0 unspecified atom stereocenters. The Hall–Kier alpha value is -1.76. The van der Waals surface area contributed by atoms with Gasteiger partial charge in [0.2, 0.25) is 0 Å². The lowest BCUT2D eigenvalue weighted by molar-refractivity contribution is -0.137. The first-order valence-electron chi connectivity index (χ1n) is 7.38. The van der Waals surface area contributed by atoms with Gasteiger partial charge in [0.1, 0.15) is 0 Å². The smallest absolute Gasteiger partial charge is 0.301 e. The third kappa shape index (κ3) is 3.96. The molecule has 1 amide bonds. The van der Waals surface area contributed by atoms with Crippen LogP contribution >= 0.6 is 11.8 Å². The molecule has 1 N–H and O–H groups in total. The van der Waals surface area contributed by atoms with Gasteiger partial charge in [0, 0.05) is 0 Å². The summed E-state index contributed by atoms with van der Waals surface area (Å²) in [5, 5.41) is 3.30. The SMILES string of the molecule is O=C1NC(=NC2CCCC2)S/C1=C\c1ccc(C(F)(F)F)cc1. The van der Waals surface area contributed by atoms with Crippen LogP contribution in [0.3, 0.4) is 0 Å². The Morgan fingerprint density at radius 3 is 2.43 bits per heavy atom. The summed E-state index contributed by atoms with van der Waals surface area (Å²) in [7, 11) is 0. The summed E-state index contributed by atoms with van der Waals surface area (Å²) in [6.07, 6.45) is 1.63. The van der Waals surface area contributed by atoms with E-state index in [0.717, 1.165) is 37.8 Å². The molecule has 0 atom stereocenters. The molecule has 1 saturated carbocycles. The van der Waals surface area contributed by atoms with Gasteiger partial charge in [-0.25, -0.2) is 0 Å². The third-order valence-electron chi connectivity index (χ3n) is 3.81. The van der Waals surface area contributed by atoms with Crippen LogP contribution in [0.5, 0.6) is 0 Å². The van der Waals surface area contributed by atoms with Gasteiger partial charge in [-0.3, -0.25) is 9.79 Å².